The van der Waals surface area contributed by atoms with E-state index in [-0.39, 0.29) is 5.69 Å². The highest BCUT2D eigenvalue weighted by molar-refractivity contribution is 6.32. The normalized spacial score (nSPS) is 9.88. The second-order valence-corrected chi connectivity index (χ2v) is 3.68. The maximum absolute atomic E-state index is 10.7. The quantitative estimate of drug-likeness (QED) is 0.605. The Kier molecular flexibility index (Phi) is 2.81. The van der Waals surface area contributed by atoms with Crippen LogP contribution in [0.15, 0.2) is 36.5 Å². The van der Waals surface area contributed by atoms with E-state index >= 15 is 0 Å². The van der Waals surface area contributed by atoms with Crippen LogP contribution in [0.3, 0.4) is 0 Å². The van der Waals surface area contributed by atoms with Crippen molar-refractivity contribution in [2.75, 3.05) is 0 Å². The highest BCUT2D eigenvalue weighted by Gasteiger charge is 2.12. The predicted octanol–water partition coefficient (Wildman–Crippen LogP) is 2.91. The fourth-order valence-electron chi connectivity index (χ4n) is 1.48. The van der Waals surface area contributed by atoms with E-state index in [9.17, 15) is 10.1 Å². The smallest absolute Gasteiger partial charge is 0.271 e. The summed E-state index contributed by atoms with van der Waals surface area (Å²) in [6.45, 7) is 0. The lowest BCUT2D eigenvalue weighted by Gasteiger charge is -2.06. The van der Waals surface area contributed by atoms with Crippen molar-refractivity contribution in [1.29, 1.82) is 5.26 Å². The third-order valence-corrected chi connectivity index (χ3v) is 2.58. The van der Waals surface area contributed by atoms with E-state index in [1.54, 1.807) is 18.3 Å². The van der Waals surface area contributed by atoms with Gasteiger partial charge in [0.2, 0.25) is 0 Å². The fraction of sp³-hybridized carbons (Fsp3) is 0. The molecule has 0 atom stereocenters. The second-order valence-electron chi connectivity index (χ2n) is 3.27. The summed E-state index contributed by atoms with van der Waals surface area (Å²) in [5.74, 6) is 0. The minimum Gasteiger partial charge on any atom is -0.307 e. The maximum atomic E-state index is 10.7. The van der Waals surface area contributed by atoms with Crippen molar-refractivity contribution in [3.8, 4) is 11.8 Å². The second kappa shape index (κ2) is 4.28. The van der Waals surface area contributed by atoms with Crippen LogP contribution in [-0.2, 0) is 0 Å². The van der Waals surface area contributed by atoms with Crippen LogP contribution in [0.1, 0.15) is 5.69 Å². The number of nitro groups is 1. The molecular formula is C11H6ClN3O2. The molecule has 0 radical (unpaired) electrons. The highest BCUT2D eigenvalue weighted by Crippen LogP contribution is 2.26. The predicted molar refractivity (Wildman–Crippen MR) is 62.1 cm³/mol. The lowest BCUT2D eigenvalue weighted by atomic mass is 10.2. The molecular weight excluding hydrogens is 242 g/mol. The van der Waals surface area contributed by atoms with Gasteiger partial charge in [-0.15, -0.1) is 0 Å². The Morgan fingerprint density at radius 3 is 2.82 bits per heavy atom. The number of rotatable bonds is 2. The number of benzene rings is 1. The van der Waals surface area contributed by atoms with Crippen molar-refractivity contribution in [3.05, 3.63) is 57.4 Å². The van der Waals surface area contributed by atoms with Crippen LogP contribution in [0.5, 0.6) is 0 Å². The van der Waals surface area contributed by atoms with E-state index in [1.807, 2.05) is 6.07 Å². The Hall–Kier alpha value is -2.32. The van der Waals surface area contributed by atoms with Gasteiger partial charge in [0.1, 0.15) is 11.8 Å². The molecule has 1 aromatic heterocycles. The Morgan fingerprint density at radius 1 is 1.41 bits per heavy atom. The molecule has 0 aliphatic heterocycles. The van der Waals surface area contributed by atoms with E-state index in [1.165, 1.54) is 22.8 Å². The van der Waals surface area contributed by atoms with Crippen molar-refractivity contribution in [3.63, 3.8) is 0 Å². The number of nitriles is 1. The van der Waals surface area contributed by atoms with E-state index in [0.29, 0.717) is 16.4 Å². The summed E-state index contributed by atoms with van der Waals surface area (Å²) in [5.41, 5.74) is 0.719. The minimum atomic E-state index is -0.505. The molecule has 0 spiro atoms. The van der Waals surface area contributed by atoms with Crippen LogP contribution in [0, 0.1) is 21.4 Å². The Bertz CT molecular complexity index is 628. The maximum Gasteiger partial charge on any atom is 0.271 e. The highest BCUT2D eigenvalue weighted by atomic mass is 35.5. The zero-order valence-corrected chi connectivity index (χ0v) is 9.26. The summed E-state index contributed by atoms with van der Waals surface area (Å²) in [4.78, 5) is 10.2. The van der Waals surface area contributed by atoms with Crippen LogP contribution in [0.2, 0.25) is 5.02 Å². The van der Waals surface area contributed by atoms with Crippen molar-refractivity contribution in [2.24, 2.45) is 0 Å². The molecule has 0 amide bonds. The van der Waals surface area contributed by atoms with Crippen LogP contribution < -0.4 is 0 Å². The van der Waals surface area contributed by atoms with Crippen LogP contribution >= 0.6 is 11.6 Å². The van der Waals surface area contributed by atoms with Gasteiger partial charge in [0.15, 0.2) is 0 Å². The number of nitrogens with zero attached hydrogens (tertiary/aromatic N) is 3. The van der Waals surface area contributed by atoms with E-state index in [0.717, 1.165) is 0 Å². The van der Waals surface area contributed by atoms with Crippen LogP contribution in [-0.4, -0.2) is 9.49 Å². The third kappa shape index (κ3) is 1.98. The van der Waals surface area contributed by atoms with Gasteiger partial charge in [0.05, 0.1) is 15.6 Å². The first-order chi connectivity index (χ1) is 8.13. The van der Waals surface area contributed by atoms with Gasteiger partial charge in [-0.3, -0.25) is 10.1 Å². The molecule has 6 heteroatoms. The summed E-state index contributed by atoms with van der Waals surface area (Å²) in [6.07, 6.45) is 1.63. The first-order valence-electron chi connectivity index (χ1n) is 4.65. The molecule has 0 aliphatic carbocycles. The summed E-state index contributed by atoms with van der Waals surface area (Å²) in [7, 11) is 0. The summed E-state index contributed by atoms with van der Waals surface area (Å²) in [6, 6.07) is 9.36. The van der Waals surface area contributed by atoms with Gasteiger partial charge in [-0.2, -0.15) is 5.26 Å². The summed E-state index contributed by atoms with van der Waals surface area (Å²) < 4.78 is 1.51. The molecule has 0 unspecified atom stereocenters. The molecule has 0 bridgehead atoms. The lowest BCUT2D eigenvalue weighted by molar-refractivity contribution is -0.384. The molecule has 84 valence electrons. The number of hydrogen-bond acceptors (Lipinski definition) is 3. The van der Waals surface area contributed by atoms with Gasteiger partial charge in [-0.25, -0.2) is 0 Å². The topological polar surface area (TPSA) is 71.9 Å². The lowest BCUT2D eigenvalue weighted by Crippen LogP contribution is -1.98. The SMILES string of the molecule is N#Cc1cccn1-c1cc([N+](=O)[O-])ccc1Cl. The van der Waals surface area contributed by atoms with E-state index in [2.05, 4.69) is 0 Å². The first-order valence-corrected chi connectivity index (χ1v) is 5.03. The van der Waals surface area contributed by atoms with E-state index in [4.69, 9.17) is 16.9 Å². The summed E-state index contributed by atoms with van der Waals surface area (Å²) >= 11 is 5.97. The fourth-order valence-corrected chi connectivity index (χ4v) is 1.69. The zero-order valence-electron chi connectivity index (χ0n) is 8.50. The number of halogens is 1. The van der Waals surface area contributed by atoms with Gasteiger partial charge >= 0.3 is 0 Å². The molecule has 2 rings (SSSR count). The third-order valence-electron chi connectivity index (χ3n) is 2.26. The van der Waals surface area contributed by atoms with Crippen LogP contribution in [0.25, 0.3) is 5.69 Å². The molecule has 5 nitrogen and oxygen atoms in total. The molecule has 1 aromatic carbocycles. The van der Waals surface area contributed by atoms with Crippen molar-refractivity contribution < 1.29 is 4.92 Å². The molecule has 2 aromatic rings. The van der Waals surface area contributed by atoms with E-state index < -0.39 is 4.92 Å². The first kappa shape index (κ1) is 11.2. The monoisotopic (exact) mass is 247 g/mol. The molecule has 0 N–H and O–H groups in total. The Labute approximate surface area is 102 Å². The van der Waals surface area contributed by atoms with Gasteiger partial charge in [0.25, 0.3) is 5.69 Å². The number of nitro benzene ring substituents is 1. The standard InChI is InChI=1S/C11H6ClN3O2/c12-10-4-3-8(15(16)17)6-11(10)14-5-1-2-9(14)7-13/h1-6H. The van der Waals surface area contributed by atoms with Gasteiger partial charge in [-0.05, 0) is 18.2 Å². The molecule has 17 heavy (non-hydrogen) atoms. The Balaban J connectivity index is 2.63. The molecule has 1 heterocycles. The van der Waals surface area contributed by atoms with Crippen LogP contribution in [0.4, 0.5) is 5.69 Å². The van der Waals surface area contributed by atoms with Gasteiger partial charge in [0, 0.05) is 18.3 Å². The van der Waals surface area contributed by atoms with Gasteiger partial charge < -0.3 is 4.57 Å². The largest absolute Gasteiger partial charge is 0.307 e. The Morgan fingerprint density at radius 2 is 2.18 bits per heavy atom. The van der Waals surface area contributed by atoms with Crippen molar-refractivity contribution >= 4 is 17.3 Å². The number of non-ortho nitro benzene ring substituents is 1. The minimum absolute atomic E-state index is 0.0676. The zero-order chi connectivity index (χ0) is 12.4. The average Bonchev–Trinajstić information content (AvgIpc) is 2.77. The van der Waals surface area contributed by atoms with Crippen molar-refractivity contribution in [1.82, 2.24) is 4.57 Å². The van der Waals surface area contributed by atoms with Crippen molar-refractivity contribution in [2.45, 2.75) is 0 Å². The number of hydrogen-bond donors (Lipinski definition) is 0. The molecule has 0 saturated carbocycles. The molecule has 0 saturated heterocycles. The summed E-state index contributed by atoms with van der Waals surface area (Å²) in [5, 5.41) is 19.9. The molecule has 0 aliphatic rings. The average molecular weight is 248 g/mol. The molecule has 0 fully saturated rings. The van der Waals surface area contributed by atoms with Gasteiger partial charge in [-0.1, -0.05) is 11.6 Å². The number of aromatic nitrogens is 1.